The largest absolute Gasteiger partial charge is 0.544 e. The average Bonchev–Trinajstić information content (AvgIpc) is 2.59. The number of hydrogen-bond donors (Lipinski definition) is 1. The number of carboxylic acid groups (broad SMARTS) is 1. The van der Waals surface area contributed by atoms with E-state index in [0.717, 1.165) is 0 Å². The van der Waals surface area contributed by atoms with Crippen molar-refractivity contribution in [3.63, 3.8) is 0 Å². The van der Waals surface area contributed by atoms with Crippen molar-refractivity contribution in [2.45, 2.75) is 97.0 Å². The van der Waals surface area contributed by atoms with Crippen molar-refractivity contribution >= 4 is 5.97 Å². The van der Waals surface area contributed by atoms with Crippen molar-refractivity contribution in [3.05, 3.63) is 0 Å². The molecule has 0 amide bonds. The monoisotopic (exact) mass is 401 g/mol. The predicted octanol–water partition coefficient (Wildman–Crippen LogP) is 3.53. The standard InChI is InChI=1S/C23H47NO4/c1-5-7-9-11-12-14-16-21(15-13-10-8-6-2)19-28-20-22(25)17-24(3,4)18-23(26)27/h21-22,25H,5-20H2,1-4H3. The number of hydrogen-bond acceptors (Lipinski definition) is 4. The molecule has 168 valence electrons. The van der Waals surface area contributed by atoms with Gasteiger partial charge in [-0.1, -0.05) is 78.1 Å². The van der Waals surface area contributed by atoms with E-state index in [-0.39, 0.29) is 17.6 Å². The van der Waals surface area contributed by atoms with E-state index < -0.39 is 12.1 Å². The first-order chi connectivity index (χ1) is 13.3. The second kappa shape index (κ2) is 17.2. The zero-order valence-electron chi connectivity index (χ0n) is 19.1. The fourth-order valence-electron chi connectivity index (χ4n) is 3.79. The summed E-state index contributed by atoms with van der Waals surface area (Å²) in [6.45, 7) is 5.71. The lowest BCUT2D eigenvalue weighted by Gasteiger charge is -2.32. The molecular formula is C23H47NO4. The molecule has 2 unspecified atom stereocenters. The second-order valence-electron chi connectivity index (χ2n) is 9.11. The Morgan fingerprint density at radius 3 is 1.93 bits per heavy atom. The molecule has 0 aliphatic heterocycles. The fourth-order valence-corrected chi connectivity index (χ4v) is 3.79. The number of rotatable bonds is 20. The molecule has 0 rings (SSSR count). The van der Waals surface area contributed by atoms with E-state index in [2.05, 4.69) is 13.8 Å². The molecule has 1 N–H and O–H groups in total. The minimum Gasteiger partial charge on any atom is -0.544 e. The van der Waals surface area contributed by atoms with E-state index in [1.165, 1.54) is 77.0 Å². The summed E-state index contributed by atoms with van der Waals surface area (Å²) in [5.41, 5.74) is 0. The molecule has 0 radical (unpaired) electrons. The maximum absolute atomic E-state index is 10.8. The van der Waals surface area contributed by atoms with Crippen LogP contribution in [0.4, 0.5) is 0 Å². The maximum Gasteiger partial charge on any atom is 0.126 e. The number of nitrogens with zero attached hydrogens (tertiary/aromatic N) is 1. The van der Waals surface area contributed by atoms with E-state index in [0.29, 0.717) is 19.1 Å². The van der Waals surface area contributed by atoms with E-state index in [9.17, 15) is 15.0 Å². The SMILES string of the molecule is CCCCCCCCC(CCCCCC)COCC(O)C[N+](C)(C)CC(=O)[O-]. The highest BCUT2D eigenvalue weighted by atomic mass is 16.5. The lowest BCUT2D eigenvalue weighted by atomic mass is 9.95. The Bertz CT molecular complexity index is 374. The predicted molar refractivity (Wildman–Crippen MR) is 114 cm³/mol. The summed E-state index contributed by atoms with van der Waals surface area (Å²) >= 11 is 0. The number of carbonyl (C=O) groups excluding carboxylic acids is 1. The topological polar surface area (TPSA) is 69.6 Å². The summed E-state index contributed by atoms with van der Waals surface area (Å²) < 4.78 is 6.04. The van der Waals surface area contributed by atoms with Crippen LogP contribution in [0.1, 0.15) is 90.9 Å². The molecule has 2 atom stereocenters. The Morgan fingerprint density at radius 1 is 0.893 bits per heavy atom. The number of unbranched alkanes of at least 4 members (excludes halogenated alkanes) is 8. The summed E-state index contributed by atoms with van der Waals surface area (Å²) in [5.74, 6) is -0.523. The third kappa shape index (κ3) is 17.4. The van der Waals surface area contributed by atoms with Gasteiger partial charge >= 0.3 is 0 Å². The zero-order valence-corrected chi connectivity index (χ0v) is 19.1. The molecule has 0 heterocycles. The molecule has 0 saturated heterocycles. The van der Waals surface area contributed by atoms with Crippen LogP contribution in [0.25, 0.3) is 0 Å². The van der Waals surface area contributed by atoms with E-state index in [4.69, 9.17) is 4.74 Å². The van der Waals surface area contributed by atoms with Crippen LogP contribution < -0.4 is 5.11 Å². The number of likely N-dealkylation sites (N-methyl/N-ethyl adjacent to an activating group) is 1. The molecule has 5 nitrogen and oxygen atoms in total. The summed E-state index contributed by atoms with van der Waals surface area (Å²) in [4.78, 5) is 10.8. The minimum atomic E-state index is -1.09. The number of aliphatic hydroxyl groups excluding tert-OH is 1. The molecule has 0 spiro atoms. The van der Waals surface area contributed by atoms with Crippen molar-refractivity contribution < 1.29 is 24.2 Å². The Hall–Kier alpha value is -0.650. The molecule has 0 saturated carbocycles. The number of aliphatic carboxylic acids is 1. The molecule has 5 heteroatoms. The number of ether oxygens (including phenoxy) is 1. The number of carboxylic acids is 1. The van der Waals surface area contributed by atoms with Crippen LogP contribution in [0.3, 0.4) is 0 Å². The smallest absolute Gasteiger partial charge is 0.126 e. The highest BCUT2D eigenvalue weighted by Gasteiger charge is 2.21. The Morgan fingerprint density at radius 2 is 1.39 bits per heavy atom. The van der Waals surface area contributed by atoms with Crippen LogP contribution in [0, 0.1) is 5.92 Å². The van der Waals surface area contributed by atoms with E-state index >= 15 is 0 Å². The van der Waals surface area contributed by atoms with Crippen molar-refractivity contribution in [3.8, 4) is 0 Å². The highest BCUT2D eigenvalue weighted by molar-refractivity contribution is 5.65. The normalized spacial score (nSPS) is 14.2. The Balaban J connectivity index is 4.16. The van der Waals surface area contributed by atoms with Gasteiger partial charge in [0.1, 0.15) is 19.2 Å². The molecule has 0 fully saturated rings. The van der Waals surface area contributed by atoms with Gasteiger partial charge in [0.05, 0.1) is 26.7 Å². The molecule has 0 aromatic heterocycles. The maximum atomic E-state index is 10.8. The van der Waals surface area contributed by atoms with Gasteiger partial charge in [-0.3, -0.25) is 0 Å². The van der Waals surface area contributed by atoms with Crippen LogP contribution >= 0.6 is 0 Å². The highest BCUT2D eigenvalue weighted by Crippen LogP contribution is 2.19. The van der Waals surface area contributed by atoms with Crippen LogP contribution in [0.5, 0.6) is 0 Å². The lowest BCUT2D eigenvalue weighted by Crippen LogP contribution is -2.52. The average molecular weight is 402 g/mol. The first kappa shape index (κ1) is 27.4. The number of quaternary nitrogens is 1. The molecule has 0 bridgehead atoms. The summed E-state index contributed by atoms with van der Waals surface area (Å²) in [6.07, 6.45) is 14.8. The molecular weight excluding hydrogens is 354 g/mol. The lowest BCUT2D eigenvalue weighted by molar-refractivity contribution is -0.887. The minimum absolute atomic E-state index is 0.102. The van der Waals surface area contributed by atoms with Crippen molar-refractivity contribution in [1.82, 2.24) is 0 Å². The fraction of sp³-hybridized carbons (Fsp3) is 0.957. The van der Waals surface area contributed by atoms with Crippen LogP contribution in [0.2, 0.25) is 0 Å². The molecule has 0 aromatic rings. The summed E-state index contributed by atoms with van der Waals surface area (Å²) in [5, 5.41) is 21.0. The van der Waals surface area contributed by atoms with E-state index in [1.54, 1.807) is 14.1 Å². The van der Waals surface area contributed by atoms with Gasteiger partial charge in [0, 0.05) is 6.61 Å². The quantitative estimate of drug-likeness (QED) is 0.250. The molecule has 28 heavy (non-hydrogen) atoms. The number of carbonyl (C=O) groups is 1. The van der Waals surface area contributed by atoms with Crippen molar-refractivity contribution in [2.24, 2.45) is 5.92 Å². The third-order valence-corrected chi connectivity index (χ3v) is 5.36. The van der Waals surface area contributed by atoms with Gasteiger partial charge < -0.3 is 24.2 Å². The van der Waals surface area contributed by atoms with Crippen LogP contribution in [-0.4, -0.2) is 62.1 Å². The summed E-state index contributed by atoms with van der Waals surface area (Å²) in [7, 11) is 3.57. The molecule has 0 aromatic carbocycles. The Kier molecular flexibility index (Phi) is 16.8. The zero-order chi connectivity index (χ0) is 21.3. The van der Waals surface area contributed by atoms with Gasteiger partial charge in [-0.15, -0.1) is 0 Å². The third-order valence-electron chi connectivity index (χ3n) is 5.36. The van der Waals surface area contributed by atoms with Gasteiger partial charge in [-0.05, 0) is 18.8 Å². The van der Waals surface area contributed by atoms with Gasteiger partial charge in [0.2, 0.25) is 0 Å². The van der Waals surface area contributed by atoms with Crippen LogP contribution in [0.15, 0.2) is 0 Å². The van der Waals surface area contributed by atoms with E-state index in [1.807, 2.05) is 0 Å². The number of aliphatic hydroxyl groups is 1. The van der Waals surface area contributed by atoms with Crippen LogP contribution in [-0.2, 0) is 9.53 Å². The van der Waals surface area contributed by atoms with Gasteiger partial charge in [0.25, 0.3) is 0 Å². The summed E-state index contributed by atoms with van der Waals surface area (Å²) in [6, 6.07) is 0. The Labute approximate surface area is 174 Å². The van der Waals surface area contributed by atoms with Gasteiger partial charge in [-0.2, -0.15) is 0 Å². The van der Waals surface area contributed by atoms with Gasteiger partial charge in [0.15, 0.2) is 0 Å². The first-order valence-electron chi connectivity index (χ1n) is 11.6. The molecule has 0 aliphatic rings. The second-order valence-corrected chi connectivity index (χ2v) is 9.11. The molecule has 0 aliphatic carbocycles. The van der Waals surface area contributed by atoms with Crippen molar-refractivity contribution in [2.75, 3.05) is 40.4 Å². The van der Waals surface area contributed by atoms with Gasteiger partial charge in [-0.25, -0.2) is 0 Å². The van der Waals surface area contributed by atoms with Crippen molar-refractivity contribution in [1.29, 1.82) is 0 Å². The first-order valence-corrected chi connectivity index (χ1v) is 11.6.